The van der Waals surface area contributed by atoms with E-state index in [0.717, 1.165) is 0 Å². The van der Waals surface area contributed by atoms with E-state index >= 15 is 0 Å². The SMILES string of the molecule is CCOC(=O)C(OC(=O)[C@@H]1CCCCN1C(=O)OC(C)(C)C)C(=O)c1ccc(C(C)=O)cc1. The zero-order valence-electron chi connectivity index (χ0n) is 19.7. The van der Waals surface area contributed by atoms with Gasteiger partial charge < -0.3 is 14.2 Å². The van der Waals surface area contributed by atoms with E-state index in [1.54, 1.807) is 27.7 Å². The van der Waals surface area contributed by atoms with E-state index in [1.807, 2.05) is 0 Å². The van der Waals surface area contributed by atoms with Gasteiger partial charge in [-0.15, -0.1) is 0 Å². The van der Waals surface area contributed by atoms with Crippen molar-refractivity contribution in [2.45, 2.75) is 71.6 Å². The molecule has 0 aliphatic carbocycles. The Balaban J connectivity index is 2.24. The van der Waals surface area contributed by atoms with E-state index in [1.165, 1.54) is 36.1 Å². The van der Waals surface area contributed by atoms with Crippen molar-refractivity contribution in [1.29, 1.82) is 0 Å². The second kappa shape index (κ2) is 11.1. The van der Waals surface area contributed by atoms with E-state index < -0.39 is 41.6 Å². The summed E-state index contributed by atoms with van der Waals surface area (Å²) in [6.45, 7) is 8.38. The Labute approximate surface area is 193 Å². The molecule has 1 aromatic carbocycles. The molecule has 1 aliphatic rings. The number of piperidine rings is 1. The van der Waals surface area contributed by atoms with Gasteiger partial charge in [0, 0.05) is 17.7 Å². The first-order chi connectivity index (χ1) is 15.4. The third-order valence-corrected chi connectivity index (χ3v) is 4.95. The number of rotatable bonds is 7. The first-order valence-electron chi connectivity index (χ1n) is 11.0. The van der Waals surface area contributed by atoms with Gasteiger partial charge in [0.1, 0.15) is 11.6 Å². The van der Waals surface area contributed by atoms with Gasteiger partial charge >= 0.3 is 18.0 Å². The van der Waals surface area contributed by atoms with Gasteiger partial charge in [-0.3, -0.25) is 14.5 Å². The summed E-state index contributed by atoms with van der Waals surface area (Å²) in [6.07, 6.45) is -0.823. The lowest BCUT2D eigenvalue weighted by atomic mass is 10.0. The number of likely N-dealkylation sites (tertiary alicyclic amines) is 1. The summed E-state index contributed by atoms with van der Waals surface area (Å²) in [5.74, 6) is -2.85. The van der Waals surface area contributed by atoms with E-state index in [9.17, 15) is 24.0 Å². The minimum absolute atomic E-state index is 0.0170. The number of hydrogen-bond donors (Lipinski definition) is 0. The molecule has 9 nitrogen and oxygen atoms in total. The Morgan fingerprint density at radius 3 is 2.18 bits per heavy atom. The Bertz CT molecular complexity index is 900. The van der Waals surface area contributed by atoms with Crippen LogP contribution in [0.4, 0.5) is 4.79 Å². The van der Waals surface area contributed by atoms with E-state index in [-0.39, 0.29) is 18.0 Å². The third kappa shape index (κ3) is 7.13. The summed E-state index contributed by atoms with van der Waals surface area (Å²) < 4.78 is 15.7. The Morgan fingerprint density at radius 2 is 1.64 bits per heavy atom. The summed E-state index contributed by atoms with van der Waals surface area (Å²) >= 11 is 0. The first-order valence-corrected chi connectivity index (χ1v) is 11.0. The number of Topliss-reactive ketones (excluding diaryl/α,β-unsaturated/α-hetero) is 2. The average molecular weight is 462 g/mol. The summed E-state index contributed by atoms with van der Waals surface area (Å²) in [4.78, 5) is 63.8. The highest BCUT2D eigenvalue weighted by molar-refractivity contribution is 6.12. The van der Waals surface area contributed by atoms with Crippen molar-refractivity contribution in [3.05, 3.63) is 35.4 Å². The molecule has 0 bridgehead atoms. The van der Waals surface area contributed by atoms with Crippen LogP contribution in [0.1, 0.15) is 74.6 Å². The molecule has 0 saturated carbocycles. The first kappa shape index (κ1) is 26.0. The zero-order chi connectivity index (χ0) is 24.8. The van der Waals surface area contributed by atoms with Crippen LogP contribution in [0.5, 0.6) is 0 Å². The van der Waals surface area contributed by atoms with Gasteiger partial charge in [-0.05, 0) is 53.9 Å². The molecule has 1 saturated heterocycles. The molecule has 0 N–H and O–H groups in total. The lowest BCUT2D eigenvalue weighted by Crippen LogP contribution is -2.52. The number of benzene rings is 1. The lowest BCUT2D eigenvalue weighted by molar-refractivity contribution is -0.167. The number of amides is 1. The Morgan fingerprint density at radius 1 is 1.03 bits per heavy atom. The van der Waals surface area contributed by atoms with Crippen molar-refractivity contribution >= 4 is 29.6 Å². The minimum atomic E-state index is -1.83. The fourth-order valence-corrected chi connectivity index (χ4v) is 3.36. The van der Waals surface area contributed by atoms with Gasteiger partial charge in [0.15, 0.2) is 5.78 Å². The van der Waals surface area contributed by atoms with Crippen molar-refractivity contribution in [2.24, 2.45) is 0 Å². The molecule has 33 heavy (non-hydrogen) atoms. The fourth-order valence-electron chi connectivity index (χ4n) is 3.36. The standard InChI is InChI=1S/C24H31NO8/c1-6-31-22(29)20(19(27)17-12-10-16(11-13-17)15(2)26)32-21(28)18-9-7-8-14-25(18)23(30)33-24(3,4)5/h10-13,18,20H,6-9,14H2,1-5H3/t18-,20?/m0/s1. The molecule has 180 valence electrons. The highest BCUT2D eigenvalue weighted by Gasteiger charge is 2.40. The van der Waals surface area contributed by atoms with E-state index in [0.29, 0.717) is 31.4 Å². The van der Waals surface area contributed by atoms with Crippen LogP contribution >= 0.6 is 0 Å². The molecule has 2 rings (SSSR count). The Kier molecular flexibility index (Phi) is 8.73. The minimum Gasteiger partial charge on any atom is -0.463 e. The molecule has 1 aromatic rings. The van der Waals surface area contributed by atoms with Crippen molar-refractivity contribution < 1.29 is 38.2 Å². The largest absolute Gasteiger partial charge is 0.463 e. The number of carbonyl (C=O) groups is 5. The van der Waals surface area contributed by atoms with Gasteiger partial charge in [0.05, 0.1) is 6.61 Å². The molecule has 2 atom stereocenters. The highest BCUT2D eigenvalue weighted by Crippen LogP contribution is 2.22. The van der Waals surface area contributed by atoms with Gasteiger partial charge in [0.25, 0.3) is 6.10 Å². The topological polar surface area (TPSA) is 116 Å². The molecule has 0 spiro atoms. The maximum absolute atomic E-state index is 13.0. The number of carbonyl (C=O) groups excluding carboxylic acids is 5. The smallest absolute Gasteiger partial charge is 0.411 e. The molecule has 1 amide bonds. The van der Waals surface area contributed by atoms with Crippen molar-refractivity contribution in [1.82, 2.24) is 4.90 Å². The monoisotopic (exact) mass is 461 g/mol. The predicted octanol–water partition coefficient (Wildman–Crippen LogP) is 3.34. The zero-order valence-corrected chi connectivity index (χ0v) is 19.7. The van der Waals surface area contributed by atoms with Crippen LogP contribution in [0, 0.1) is 0 Å². The van der Waals surface area contributed by atoms with Crippen LogP contribution in [0.3, 0.4) is 0 Å². The normalized spacial score (nSPS) is 17.0. The van der Waals surface area contributed by atoms with Gasteiger partial charge in [-0.2, -0.15) is 0 Å². The summed E-state index contributed by atoms with van der Waals surface area (Å²) in [5, 5.41) is 0. The van der Waals surface area contributed by atoms with Crippen molar-refractivity contribution in [3.63, 3.8) is 0 Å². The predicted molar refractivity (Wildman–Crippen MR) is 118 cm³/mol. The highest BCUT2D eigenvalue weighted by atomic mass is 16.6. The van der Waals surface area contributed by atoms with E-state index in [2.05, 4.69) is 0 Å². The van der Waals surface area contributed by atoms with Crippen LogP contribution in [0.2, 0.25) is 0 Å². The molecule has 0 aromatic heterocycles. The van der Waals surface area contributed by atoms with E-state index in [4.69, 9.17) is 14.2 Å². The summed E-state index contributed by atoms with van der Waals surface area (Å²) in [6, 6.07) is 4.67. The summed E-state index contributed by atoms with van der Waals surface area (Å²) in [7, 11) is 0. The van der Waals surface area contributed by atoms with Crippen LogP contribution in [-0.4, -0.2) is 65.4 Å². The van der Waals surface area contributed by atoms with Gasteiger partial charge in [-0.25, -0.2) is 14.4 Å². The lowest BCUT2D eigenvalue weighted by Gasteiger charge is -2.35. The molecule has 0 radical (unpaired) electrons. The maximum Gasteiger partial charge on any atom is 0.411 e. The van der Waals surface area contributed by atoms with Gasteiger partial charge in [-0.1, -0.05) is 24.3 Å². The quantitative estimate of drug-likeness (QED) is 0.263. The molecule has 1 heterocycles. The number of esters is 2. The van der Waals surface area contributed by atoms with Crippen LogP contribution in [0.15, 0.2) is 24.3 Å². The number of nitrogens with zero attached hydrogens (tertiary/aromatic N) is 1. The van der Waals surface area contributed by atoms with Crippen LogP contribution in [0.25, 0.3) is 0 Å². The number of hydrogen-bond acceptors (Lipinski definition) is 8. The molecule has 1 aliphatic heterocycles. The van der Waals surface area contributed by atoms with Gasteiger partial charge in [0.2, 0.25) is 5.78 Å². The molecular weight excluding hydrogens is 430 g/mol. The fraction of sp³-hybridized carbons (Fsp3) is 0.542. The summed E-state index contributed by atoms with van der Waals surface area (Å²) in [5.41, 5.74) is -0.275. The second-order valence-corrected chi connectivity index (χ2v) is 8.75. The average Bonchev–Trinajstić information content (AvgIpc) is 2.75. The molecule has 9 heteroatoms. The van der Waals surface area contributed by atoms with Crippen molar-refractivity contribution in [2.75, 3.05) is 13.2 Å². The van der Waals surface area contributed by atoms with Crippen LogP contribution < -0.4 is 0 Å². The van der Waals surface area contributed by atoms with Crippen LogP contribution in [-0.2, 0) is 23.8 Å². The number of ether oxygens (including phenoxy) is 3. The molecular formula is C24H31NO8. The third-order valence-electron chi connectivity index (χ3n) is 4.95. The van der Waals surface area contributed by atoms with Crippen molar-refractivity contribution in [3.8, 4) is 0 Å². The molecule has 1 unspecified atom stereocenters. The molecule has 1 fully saturated rings. The second-order valence-electron chi connectivity index (χ2n) is 8.75. The number of ketones is 2. The Hall–Kier alpha value is -3.23. The maximum atomic E-state index is 13.0.